The molecule has 20 heavy (non-hydrogen) atoms. The van der Waals surface area contributed by atoms with Crippen molar-refractivity contribution in [1.29, 1.82) is 0 Å². The van der Waals surface area contributed by atoms with Gasteiger partial charge in [0.15, 0.2) is 5.69 Å². The highest BCUT2D eigenvalue weighted by molar-refractivity contribution is 5.86. The molecule has 0 aromatic carbocycles. The Balaban J connectivity index is 2.25. The molecule has 2 aromatic rings. The number of hydrogen-bond acceptors (Lipinski definition) is 5. The van der Waals surface area contributed by atoms with Gasteiger partial charge < -0.3 is 4.74 Å². The SMILES string of the molecule is CCOC(=O)c1cn(C(C)c2cnc(F)cc2C)nn1. The van der Waals surface area contributed by atoms with Crippen LogP contribution < -0.4 is 0 Å². The molecule has 0 bridgehead atoms. The topological polar surface area (TPSA) is 69.9 Å². The molecular weight excluding hydrogens is 263 g/mol. The predicted molar refractivity (Wildman–Crippen MR) is 68.7 cm³/mol. The molecule has 2 heterocycles. The summed E-state index contributed by atoms with van der Waals surface area (Å²) in [5, 5.41) is 7.68. The first kappa shape index (κ1) is 14.1. The number of ether oxygens (including phenoxy) is 1. The van der Waals surface area contributed by atoms with E-state index in [0.717, 1.165) is 11.1 Å². The van der Waals surface area contributed by atoms with Gasteiger partial charge in [0, 0.05) is 6.20 Å². The second kappa shape index (κ2) is 5.77. The van der Waals surface area contributed by atoms with Gasteiger partial charge in [-0.15, -0.1) is 5.10 Å². The van der Waals surface area contributed by atoms with Crippen LogP contribution in [0.4, 0.5) is 4.39 Å². The molecule has 0 aliphatic rings. The summed E-state index contributed by atoms with van der Waals surface area (Å²) in [5.41, 5.74) is 1.72. The summed E-state index contributed by atoms with van der Waals surface area (Å²) in [6.45, 7) is 5.66. The van der Waals surface area contributed by atoms with E-state index in [1.54, 1.807) is 13.8 Å². The second-order valence-electron chi connectivity index (χ2n) is 4.34. The van der Waals surface area contributed by atoms with Gasteiger partial charge in [-0.1, -0.05) is 5.21 Å². The maximum atomic E-state index is 13.0. The van der Waals surface area contributed by atoms with Gasteiger partial charge in [0.1, 0.15) is 0 Å². The van der Waals surface area contributed by atoms with Gasteiger partial charge in [0.2, 0.25) is 5.95 Å². The lowest BCUT2D eigenvalue weighted by Gasteiger charge is -2.13. The van der Waals surface area contributed by atoms with Crippen LogP contribution in [0.15, 0.2) is 18.5 Å². The molecule has 2 aromatic heterocycles. The number of rotatable bonds is 4. The number of carbonyl (C=O) groups is 1. The fourth-order valence-corrected chi connectivity index (χ4v) is 1.88. The van der Waals surface area contributed by atoms with Crippen LogP contribution >= 0.6 is 0 Å². The minimum absolute atomic E-state index is 0.145. The lowest BCUT2D eigenvalue weighted by Crippen LogP contribution is -2.10. The molecule has 1 unspecified atom stereocenters. The third-order valence-electron chi connectivity index (χ3n) is 2.96. The number of hydrogen-bond donors (Lipinski definition) is 0. The molecule has 0 aliphatic heterocycles. The number of pyridine rings is 1. The van der Waals surface area contributed by atoms with Crippen molar-refractivity contribution in [1.82, 2.24) is 20.0 Å². The molecule has 2 rings (SSSR count). The fourth-order valence-electron chi connectivity index (χ4n) is 1.88. The first-order chi connectivity index (χ1) is 9.52. The Morgan fingerprint density at radius 3 is 2.95 bits per heavy atom. The summed E-state index contributed by atoms with van der Waals surface area (Å²) >= 11 is 0. The van der Waals surface area contributed by atoms with Crippen molar-refractivity contribution in [2.24, 2.45) is 0 Å². The maximum absolute atomic E-state index is 13.0. The van der Waals surface area contributed by atoms with Gasteiger partial charge in [-0.05, 0) is 38.0 Å². The smallest absolute Gasteiger partial charge is 0.360 e. The maximum Gasteiger partial charge on any atom is 0.360 e. The molecule has 1 atom stereocenters. The number of esters is 1. The Hall–Kier alpha value is -2.31. The molecule has 0 aliphatic carbocycles. The average molecular weight is 278 g/mol. The van der Waals surface area contributed by atoms with Gasteiger partial charge in [0.05, 0.1) is 18.8 Å². The molecule has 0 saturated carbocycles. The van der Waals surface area contributed by atoms with Crippen LogP contribution in [0.25, 0.3) is 0 Å². The van der Waals surface area contributed by atoms with Crippen molar-refractivity contribution in [3.63, 3.8) is 0 Å². The van der Waals surface area contributed by atoms with Crippen molar-refractivity contribution in [3.05, 3.63) is 41.2 Å². The highest BCUT2D eigenvalue weighted by atomic mass is 19.1. The summed E-state index contributed by atoms with van der Waals surface area (Å²) < 4.78 is 19.4. The van der Waals surface area contributed by atoms with Crippen LogP contribution in [0.3, 0.4) is 0 Å². The summed E-state index contributed by atoms with van der Waals surface area (Å²) in [4.78, 5) is 15.2. The highest BCUT2D eigenvalue weighted by Gasteiger charge is 2.17. The zero-order chi connectivity index (χ0) is 14.7. The molecule has 106 valence electrons. The van der Waals surface area contributed by atoms with E-state index in [4.69, 9.17) is 4.74 Å². The third kappa shape index (κ3) is 2.81. The van der Waals surface area contributed by atoms with E-state index in [1.807, 2.05) is 6.92 Å². The van der Waals surface area contributed by atoms with Crippen molar-refractivity contribution in [2.45, 2.75) is 26.8 Å². The predicted octanol–water partition coefficient (Wildman–Crippen LogP) is 1.91. The summed E-state index contributed by atoms with van der Waals surface area (Å²) in [6.07, 6.45) is 2.96. The lowest BCUT2D eigenvalue weighted by atomic mass is 10.1. The van der Waals surface area contributed by atoms with E-state index < -0.39 is 11.9 Å². The third-order valence-corrected chi connectivity index (χ3v) is 2.96. The van der Waals surface area contributed by atoms with E-state index in [9.17, 15) is 9.18 Å². The van der Waals surface area contributed by atoms with Crippen LogP contribution in [0.2, 0.25) is 0 Å². The van der Waals surface area contributed by atoms with Gasteiger partial charge in [-0.25, -0.2) is 14.5 Å². The molecule has 0 spiro atoms. The van der Waals surface area contributed by atoms with E-state index in [-0.39, 0.29) is 18.3 Å². The molecular formula is C13H15FN4O2. The second-order valence-corrected chi connectivity index (χ2v) is 4.34. The molecule has 0 N–H and O–H groups in total. The molecule has 0 saturated heterocycles. The van der Waals surface area contributed by atoms with Crippen molar-refractivity contribution in [2.75, 3.05) is 6.61 Å². The number of aromatic nitrogens is 4. The normalized spacial score (nSPS) is 12.2. The first-order valence-electron chi connectivity index (χ1n) is 6.24. The quantitative estimate of drug-likeness (QED) is 0.631. The highest BCUT2D eigenvalue weighted by Crippen LogP contribution is 2.20. The Morgan fingerprint density at radius 1 is 1.55 bits per heavy atom. The summed E-state index contributed by atoms with van der Waals surface area (Å²) in [7, 11) is 0. The lowest BCUT2D eigenvalue weighted by molar-refractivity contribution is 0.0519. The van der Waals surface area contributed by atoms with Gasteiger partial charge in [-0.3, -0.25) is 0 Å². The number of nitrogens with zero attached hydrogens (tertiary/aromatic N) is 4. The van der Waals surface area contributed by atoms with Crippen molar-refractivity contribution >= 4 is 5.97 Å². The minimum atomic E-state index is -0.524. The van der Waals surface area contributed by atoms with Crippen LogP contribution in [-0.2, 0) is 4.74 Å². The minimum Gasteiger partial charge on any atom is -0.461 e. The summed E-state index contributed by atoms with van der Waals surface area (Å²) in [6, 6.07) is 1.15. The fraction of sp³-hybridized carbons (Fsp3) is 0.385. The zero-order valence-electron chi connectivity index (χ0n) is 11.5. The Morgan fingerprint density at radius 2 is 2.30 bits per heavy atom. The van der Waals surface area contributed by atoms with E-state index in [1.165, 1.54) is 23.1 Å². The van der Waals surface area contributed by atoms with Crippen LogP contribution in [0.1, 0.15) is 41.5 Å². The van der Waals surface area contributed by atoms with Crippen molar-refractivity contribution in [3.8, 4) is 0 Å². The van der Waals surface area contributed by atoms with Gasteiger partial charge in [-0.2, -0.15) is 4.39 Å². The van der Waals surface area contributed by atoms with Crippen LogP contribution in [0.5, 0.6) is 0 Å². The molecule has 0 fully saturated rings. The van der Waals surface area contributed by atoms with E-state index in [0.29, 0.717) is 0 Å². The van der Waals surface area contributed by atoms with Crippen molar-refractivity contribution < 1.29 is 13.9 Å². The average Bonchev–Trinajstić information content (AvgIpc) is 2.88. The molecule has 6 nitrogen and oxygen atoms in total. The van der Waals surface area contributed by atoms with Gasteiger partial charge in [0.25, 0.3) is 0 Å². The van der Waals surface area contributed by atoms with Gasteiger partial charge >= 0.3 is 5.97 Å². The van der Waals surface area contributed by atoms with E-state index in [2.05, 4.69) is 15.3 Å². The number of halogens is 1. The summed E-state index contributed by atoms with van der Waals surface area (Å²) in [5.74, 6) is -1.04. The van der Waals surface area contributed by atoms with Crippen LogP contribution in [0, 0.1) is 12.9 Å². The Bertz CT molecular complexity index is 627. The van der Waals surface area contributed by atoms with Crippen LogP contribution in [-0.4, -0.2) is 32.6 Å². The zero-order valence-corrected chi connectivity index (χ0v) is 11.5. The molecule has 7 heteroatoms. The first-order valence-corrected chi connectivity index (χ1v) is 6.24. The number of aryl methyl sites for hydroxylation is 1. The monoisotopic (exact) mass is 278 g/mol. The van der Waals surface area contributed by atoms with E-state index >= 15 is 0 Å². The number of carbonyl (C=O) groups excluding carboxylic acids is 1. The standard InChI is InChI=1S/C13H15FN4O2/c1-4-20-13(19)11-7-18(17-16-11)9(3)10-6-15-12(14)5-8(10)2/h5-7,9H,4H2,1-3H3. The molecule has 0 amide bonds. The largest absolute Gasteiger partial charge is 0.461 e. The molecule has 0 radical (unpaired) electrons. The Labute approximate surface area is 115 Å². The Kier molecular flexibility index (Phi) is 4.07.